The maximum Gasteiger partial charge on any atom is 0.106 e. The number of nitrogens with two attached hydrogens (primary N) is 2. The zero-order valence-corrected chi connectivity index (χ0v) is 8.98. The molecule has 0 spiro atoms. The number of nitrogen functional groups attached to an aromatic ring is 1. The molecule has 0 bridgehead atoms. The van der Waals surface area contributed by atoms with Crippen LogP contribution in [0.1, 0.15) is 18.1 Å². The largest absolute Gasteiger partial charge is 0.399 e. The molecule has 0 saturated heterocycles. The summed E-state index contributed by atoms with van der Waals surface area (Å²) >= 11 is 5.88. The minimum absolute atomic E-state index is 0.304. The number of anilines is 1. The Kier molecular flexibility index (Phi) is 4.35. The fourth-order valence-corrected chi connectivity index (χ4v) is 1.55. The topological polar surface area (TPSA) is 92.5 Å². The highest BCUT2D eigenvalue weighted by Crippen LogP contribution is 2.28. The first-order chi connectivity index (χ1) is 7.06. The van der Waals surface area contributed by atoms with Crippen molar-refractivity contribution in [3.8, 4) is 0 Å². The van der Waals surface area contributed by atoms with E-state index in [1.807, 2.05) is 0 Å². The Balaban J connectivity index is 2.89. The molecule has 0 saturated carbocycles. The van der Waals surface area contributed by atoms with Gasteiger partial charge in [0.15, 0.2) is 0 Å². The van der Waals surface area contributed by atoms with Crippen LogP contribution in [0.15, 0.2) is 18.2 Å². The van der Waals surface area contributed by atoms with E-state index in [0.717, 1.165) is 0 Å². The van der Waals surface area contributed by atoms with Crippen molar-refractivity contribution in [1.29, 1.82) is 0 Å². The van der Waals surface area contributed by atoms with Gasteiger partial charge in [0, 0.05) is 16.3 Å². The van der Waals surface area contributed by atoms with Crippen LogP contribution in [0, 0.1) is 0 Å². The van der Waals surface area contributed by atoms with Crippen LogP contribution >= 0.6 is 11.6 Å². The van der Waals surface area contributed by atoms with Gasteiger partial charge in [-0.05, 0) is 31.2 Å². The number of aliphatic hydroxyl groups excluding tert-OH is 2. The van der Waals surface area contributed by atoms with Crippen molar-refractivity contribution in [3.05, 3.63) is 28.8 Å². The Labute approximate surface area is 93.5 Å². The van der Waals surface area contributed by atoms with E-state index in [4.69, 9.17) is 23.1 Å². The fourth-order valence-electron chi connectivity index (χ4n) is 1.32. The third kappa shape index (κ3) is 3.07. The summed E-state index contributed by atoms with van der Waals surface area (Å²) in [5.74, 6) is 0. The molecule has 4 nitrogen and oxygen atoms in total. The zero-order chi connectivity index (χ0) is 11.4. The minimum Gasteiger partial charge on any atom is -0.399 e. The summed E-state index contributed by atoms with van der Waals surface area (Å²) < 4.78 is 0. The molecule has 84 valence electrons. The minimum atomic E-state index is -1.05. The van der Waals surface area contributed by atoms with Gasteiger partial charge in [0.1, 0.15) is 6.10 Å². The summed E-state index contributed by atoms with van der Waals surface area (Å²) in [6.07, 6.45) is -1.66. The van der Waals surface area contributed by atoms with Gasteiger partial charge in [-0.25, -0.2) is 0 Å². The summed E-state index contributed by atoms with van der Waals surface area (Å²) in [4.78, 5) is 0. The van der Waals surface area contributed by atoms with Gasteiger partial charge in [-0.1, -0.05) is 11.6 Å². The van der Waals surface area contributed by atoms with Gasteiger partial charge in [0.2, 0.25) is 0 Å². The van der Waals surface area contributed by atoms with Crippen LogP contribution in [0.5, 0.6) is 0 Å². The lowest BCUT2D eigenvalue weighted by atomic mass is 10.0. The van der Waals surface area contributed by atoms with Crippen molar-refractivity contribution in [1.82, 2.24) is 0 Å². The average Bonchev–Trinajstić information content (AvgIpc) is 2.21. The molecule has 0 heterocycles. The third-order valence-corrected chi connectivity index (χ3v) is 2.51. The Morgan fingerprint density at radius 2 is 2.00 bits per heavy atom. The van der Waals surface area contributed by atoms with Crippen LogP contribution in [0.25, 0.3) is 0 Å². The summed E-state index contributed by atoms with van der Waals surface area (Å²) in [5, 5.41) is 19.7. The molecule has 0 aromatic heterocycles. The van der Waals surface area contributed by atoms with Crippen molar-refractivity contribution in [2.45, 2.75) is 18.6 Å². The second-order valence-electron chi connectivity index (χ2n) is 3.37. The Hall–Kier alpha value is -0.810. The number of halogens is 1. The van der Waals surface area contributed by atoms with Crippen LogP contribution < -0.4 is 11.5 Å². The number of benzene rings is 1. The van der Waals surface area contributed by atoms with Gasteiger partial charge < -0.3 is 21.7 Å². The summed E-state index contributed by atoms with van der Waals surface area (Å²) in [6, 6.07) is 4.77. The van der Waals surface area contributed by atoms with E-state index in [1.54, 1.807) is 18.2 Å². The van der Waals surface area contributed by atoms with Crippen molar-refractivity contribution >= 4 is 17.3 Å². The SMILES string of the molecule is NCCC(O)C(O)c1cc(N)ccc1Cl. The molecule has 0 aliphatic heterocycles. The molecule has 2 unspecified atom stereocenters. The van der Waals surface area contributed by atoms with Gasteiger partial charge in [0.25, 0.3) is 0 Å². The van der Waals surface area contributed by atoms with Crippen LogP contribution in [-0.4, -0.2) is 22.9 Å². The fraction of sp³-hybridized carbons (Fsp3) is 0.400. The summed E-state index contributed by atoms with van der Waals surface area (Å²) in [5.41, 5.74) is 11.8. The predicted octanol–water partition coefficient (Wildman–Crippen LogP) is 0.665. The highest BCUT2D eigenvalue weighted by Gasteiger charge is 2.20. The number of hydrogen-bond acceptors (Lipinski definition) is 4. The normalized spacial score (nSPS) is 14.9. The Morgan fingerprint density at radius 3 is 2.60 bits per heavy atom. The highest BCUT2D eigenvalue weighted by molar-refractivity contribution is 6.31. The van der Waals surface area contributed by atoms with Crippen LogP contribution in [0.2, 0.25) is 5.02 Å². The monoisotopic (exact) mass is 230 g/mol. The smallest absolute Gasteiger partial charge is 0.106 e. The second-order valence-corrected chi connectivity index (χ2v) is 3.78. The molecular weight excluding hydrogens is 216 g/mol. The molecule has 1 aromatic rings. The molecule has 0 aliphatic carbocycles. The van der Waals surface area contributed by atoms with Crippen LogP contribution in [0.4, 0.5) is 5.69 Å². The molecule has 1 aromatic carbocycles. The van der Waals surface area contributed by atoms with Crippen molar-refractivity contribution in [3.63, 3.8) is 0 Å². The lowest BCUT2D eigenvalue weighted by Crippen LogP contribution is -2.22. The van der Waals surface area contributed by atoms with E-state index in [-0.39, 0.29) is 0 Å². The number of hydrogen-bond donors (Lipinski definition) is 4. The third-order valence-electron chi connectivity index (χ3n) is 2.17. The maximum absolute atomic E-state index is 9.78. The van der Waals surface area contributed by atoms with Crippen LogP contribution in [-0.2, 0) is 0 Å². The molecule has 0 aliphatic rings. The van der Waals surface area contributed by atoms with Gasteiger partial charge in [-0.2, -0.15) is 0 Å². The molecule has 0 amide bonds. The predicted molar refractivity (Wildman–Crippen MR) is 60.5 cm³/mol. The Morgan fingerprint density at radius 1 is 1.33 bits per heavy atom. The van der Waals surface area contributed by atoms with Gasteiger partial charge in [-0.3, -0.25) is 0 Å². The summed E-state index contributed by atoms with van der Waals surface area (Å²) in [6.45, 7) is 0.304. The molecule has 0 fully saturated rings. The second kappa shape index (κ2) is 5.32. The molecule has 5 heteroatoms. The van der Waals surface area contributed by atoms with E-state index in [2.05, 4.69) is 0 Å². The molecule has 15 heavy (non-hydrogen) atoms. The van der Waals surface area contributed by atoms with E-state index < -0.39 is 12.2 Å². The molecule has 6 N–H and O–H groups in total. The van der Waals surface area contributed by atoms with Crippen molar-refractivity contribution < 1.29 is 10.2 Å². The lowest BCUT2D eigenvalue weighted by Gasteiger charge is -2.18. The first-order valence-electron chi connectivity index (χ1n) is 4.67. The quantitative estimate of drug-likeness (QED) is 0.572. The first kappa shape index (κ1) is 12.3. The highest BCUT2D eigenvalue weighted by atomic mass is 35.5. The van der Waals surface area contributed by atoms with Gasteiger partial charge >= 0.3 is 0 Å². The first-order valence-corrected chi connectivity index (χ1v) is 5.05. The van der Waals surface area contributed by atoms with E-state index in [9.17, 15) is 10.2 Å². The van der Waals surface area contributed by atoms with E-state index >= 15 is 0 Å². The summed E-state index contributed by atoms with van der Waals surface area (Å²) in [7, 11) is 0. The number of rotatable bonds is 4. The Bertz CT molecular complexity index is 333. The average molecular weight is 231 g/mol. The standard InChI is InChI=1S/C10H15ClN2O2/c11-8-2-1-6(13)5-7(8)10(15)9(14)3-4-12/h1-2,5,9-10,14-15H,3-4,12-13H2. The number of aliphatic hydroxyl groups is 2. The van der Waals surface area contributed by atoms with Gasteiger partial charge in [0.05, 0.1) is 6.10 Å². The molecule has 0 radical (unpaired) electrons. The molecule has 2 atom stereocenters. The van der Waals surface area contributed by atoms with Gasteiger partial charge in [-0.15, -0.1) is 0 Å². The van der Waals surface area contributed by atoms with E-state index in [1.165, 1.54) is 0 Å². The van der Waals surface area contributed by atoms with Crippen molar-refractivity contribution in [2.75, 3.05) is 12.3 Å². The maximum atomic E-state index is 9.78. The van der Waals surface area contributed by atoms with Crippen molar-refractivity contribution in [2.24, 2.45) is 5.73 Å². The molecular formula is C10H15ClN2O2. The zero-order valence-electron chi connectivity index (χ0n) is 8.23. The molecule has 1 rings (SSSR count). The lowest BCUT2D eigenvalue weighted by molar-refractivity contribution is 0.0151. The van der Waals surface area contributed by atoms with Crippen LogP contribution in [0.3, 0.4) is 0 Å². The van der Waals surface area contributed by atoms with E-state index in [0.29, 0.717) is 29.2 Å².